The normalized spacial score (nSPS) is 10.3. The number of amides is 1. The Morgan fingerprint density at radius 2 is 2.18 bits per heavy atom. The summed E-state index contributed by atoms with van der Waals surface area (Å²) in [6, 6.07) is 5.17. The molecule has 1 amide bonds. The van der Waals surface area contributed by atoms with Crippen LogP contribution in [0.25, 0.3) is 0 Å². The summed E-state index contributed by atoms with van der Waals surface area (Å²) in [6.45, 7) is 3.55. The summed E-state index contributed by atoms with van der Waals surface area (Å²) >= 11 is 5.95. The quantitative estimate of drug-likeness (QED) is 0.859. The van der Waals surface area contributed by atoms with E-state index >= 15 is 0 Å². The van der Waals surface area contributed by atoms with Gasteiger partial charge in [0.1, 0.15) is 5.82 Å². The largest absolute Gasteiger partial charge is 0.289 e. The minimum absolute atomic E-state index is 0.256. The molecule has 2 aromatic rings. The number of nitrogens with zero attached hydrogens (tertiary/aromatic N) is 2. The SMILES string of the molecule is Cc1nc(NC(=O)c2cccc(Cl)c2C)n[nH]1. The third-order valence-corrected chi connectivity index (χ3v) is 2.74. The van der Waals surface area contributed by atoms with Crippen LogP contribution < -0.4 is 5.32 Å². The number of carbonyl (C=O) groups excluding carboxylic acids is 1. The van der Waals surface area contributed by atoms with E-state index in [0.717, 1.165) is 5.56 Å². The van der Waals surface area contributed by atoms with Gasteiger partial charge < -0.3 is 0 Å². The van der Waals surface area contributed by atoms with Crippen molar-refractivity contribution in [2.24, 2.45) is 0 Å². The molecule has 0 aliphatic rings. The van der Waals surface area contributed by atoms with Gasteiger partial charge in [-0.05, 0) is 31.5 Å². The van der Waals surface area contributed by atoms with E-state index in [1.54, 1.807) is 32.0 Å². The number of hydrogen-bond donors (Lipinski definition) is 2. The zero-order chi connectivity index (χ0) is 12.4. The van der Waals surface area contributed by atoms with E-state index in [4.69, 9.17) is 11.6 Å². The van der Waals surface area contributed by atoms with Gasteiger partial charge in [-0.15, -0.1) is 5.10 Å². The van der Waals surface area contributed by atoms with Crippen molar-refractivity contribution in [1.29, 1.82) is 0 Å². The molecule has 0 spiro atoms. The lowest BCUT2D eigenvalue weighted by Crippen LogP contribution is -2.14. The average Bonchev–Trinajstić information content (AvgIpc) is 2.68. The van der Waals surface area contributed by atoms with Crippen LogP contribution in [-0.2, 0) is 0 Å². The number of rotatable bonds is 2. The first kappa shape index (κ1) is 11.6. The van der Waals surface area contributed by atoms with E-state index in [-0.39, 0.29) is 11.9 Å². The highest BCUT2D eigenvalue weighted by atomic mass is 35.5. The summed E-state index contributed by atoms with van der Waals surface area (Å²) in [5.74, 6) is 0.624. The Morgan fingerprint density at radius 3 is 2.82 bits per heavy atom. The first-order valence-electron chi connectivity index (χ1n) is 5.03. The molecular weight excluding hydrogens is 240 g/mol. The van der Waals surface area contributed by atoms with Gasteiger partial charge >= 0.3 is 0 Å². The fourth-order valence-corrected chi connectivity index (χ4v) is 1.60. The number of H-pyrrole nitrogens is 1. The Balaban J connectivity index is 2.23. The van der Waals surface area contributed by atoms with Crippen LogP contribution in [0.3, 0.4) is 0 Å². The Kier molecular flexibility index (Phi) is 3.10. The van der Waals surface area contributed by atoms with Crippen molar-refractivity contribution in [3.8, 4) is 0 Å². The number of hydrogen-bond acceptors (Lipinski definition) is 3. The van der Waals surface area contributed by atoms with Gasteiger partial charge in [0.25, 0.3) is 5.91 Å². The Hall–Kier alpha value is -1.88. The maximum Gasteiger partial charge on any atom is 0.258 e. The molecule has 1 heterocycles. The molecule has 88 valence electrons. The first-order valence-corrected chi connectivity index (χ1v) is 5.41. The van der Waals surface area contributed by atoms with Crippen LogP contribution in [0.4, 0.5) is 5.95 Å². The maximum atomic E-state index is 11.9. The van der Waals surface area contributed by atoms with E-state index in [9.17, 15) is 4.79 Å². The van der Waals surface area contributed by atoms with Crippen LogP contribution in [0.15, 0.2) is 18.2 Å². The van der Waals surface area contributed by atoms with Crippen molar-refractivity contribution in [2.75, 3.05) is 5.32 Å². The standard InChI is InChI=1S/C11H11ClN4O/c1-6-8(4-3-5-9(6)12)10(17)14-11-13-7(2)15-16-11/h3-5H,1-2H3,(H2,13,14,15,16,17). The number of aryl methyl sites for hydroxylation is 1. The zero-order valence-corrected chi connectivity index (χ0v) is 10.2. The molecule has 5 nitrogen and oxygen atoms in total. The van der Waals surface area contributed by atoms with E-state index in [1.165, 1.54) is 0 Å². The summed E-state index contributed by atoms with van der Waals surface area (Å²) in [6.07, 6.45) is 0. The molecule has 1 aromatic carbocycles. The van der Waals surface area contributed by atoms with Crippen molar-refractivity contribution in [3.05, 3.63) is 40.2 Å². The minimum atomic E-state index is -0.274. The van der Waals surface area contributed by atoms with Crippen LogP contribution in [-0.4, -0.2) is 21.1 Å². The van der Waals surface area contributed by atoms with Crippen molar-refractivity contribution in [1.82, 2.24) is 15.2 Å². The Morgan fingerprint density at radius 1 is 1.41 bits per heavy atom. The van der Waals surface area contributed by atoms with Gasteiger partial charge in [0, 0.05) is 10.6 Å². The molecule has 1 aromatic heterocycles. The maximum absolute atomic E-state index is 11.9. The summed E-state index contributed by atoms with van der Waals surface area (Å²) in [5.41, 5.74) is 1.25. The second-order valence-corrected chi connectivity index (χ2v) is 4.02. The highest BCUT2D eigenvalue weighted by Gasteiger charge is 2.12. The molecular formula is C11H11ClN4O. The lowest BCUT2D eigenvalue weighted by molar-refractivity contribution is 0.102. The molecule has 2 rings (SSSR count). The van der Waals surface area contributed by atoms with Gasteiger partial charge in [-0.25, -0.2) is 0 Å². The van der Waals surface area contributed by atoms with Gasteiger partial charge in [-0.3, -0.25) is 15.2 Å². The lowest BCUT2D eigenvalue weighted by Gasteiger charge is -2.05. The van der Waals surface area contributed by atoms with Crippen molar-refractivity contribution < 1.29 is 4.79 Å². The number of aromatic amines is 1. The second-order valence-electron chi connectivity index (χ2n) is 3.61. The molecule has 2 N–H and O–H groups in total. The number of halogens is 1. The molecule has 0 aliphatic heterocycles. The fourth-order valence-electron chi connectivity index (χ4n) is 1.42. The van der Waals surface area contributed by atoms with Gasteiger partial charge in [0.2, 0.25) is 5.95 Å². The number of nitrogens with one attached hydrogen (secondary N) is 2. The van der Waals surface area contributed by atoms with E-state index in [2.05, 4.69) is 20.5 Å². The van der Waals surface area contributed by atoms with Crippen LogP contribution in [0.1, 0.15) is 21.7 Å². The number of benzene rings is 1. The number of aromatic nitrogens is 3. The van der Waals surface area contributed by atoms with E-state index < -0.39 is 0 Å². The van der Waals surface area contributed by atoms with Crippen molar-refractivity contribution >= 4 is 23.5 Å². The highest BCUT2D eigenvalue weighted by molar-refractivity contribution is 6.32. The Bertz CT molecular complexity index is 564. The lowest BCUT2D eigenvalue weighted by atomic mass is 10.1. The predicted octanol–water partition coefficient (Wildman–Crippen LogP) is 2.33. The molecule has 17 heavy (non-hydrogen) atoms. The third-order valence-electron chi connectivity index (χ3n) is 2.33. The van der Waals surface area contributed by atoms with Gasteiger partial charge in [-0.1, -0.05) is 17.7 Å². The molecule has 0 fully saturated rings. The van der Waals surface area contributed by atoms with Crippen LogP contribution in [0.5, 0.6) is 0 Å². The van der Waals surface area contributed by atoms with Gasteiger partial charge in [0.05, 0.1) is 0 Å². The fraction of sp³-hybridized carbons (Fsp3) is 0.182. The zero-order valence-electron chi connectivity index (χ0n) is 9.41. The Labute approximate surface area is 103 Å². The summed E-state index contributed by atoms with van der Waals surface area (Å²) in [4.78, 5) is 15.9. The first-order chi connectivity index (χ1) is 8.08. The molecule has 0 saturated carbocycles. The third kappa shape index (κ3) is 2.45. The van der Waals surface area contributed by atoms with E-state index in [1.807, 2.05) is 0 Å². The molecule has 0 saturated heterocycles. The highest BCUT2D eigenvalue weighted by Crippen LogP contribution is 2.19. The van der Waals surface area contributed by atoms with Crippen molar-refractivity contribution in [3.63, 3.8) is 0 Å². The molecule has 0 bridgehead atoms. The van der Waals surface area contributed by atoms with Crippen LogP contribution in [0, 0.1) is 13.8 Å². The summed E-state index contributed by atoms with van der Waals surface area (Å²) < 4.78 is 0. The minimum Gasteiger partial charge on any atom is -0.289 e. The van der Waals surface area contributed by atoms with Gasteiger partial charge in [-0.2, -0.15) is 4.98 Å². The monoisotopic (exact) mass is 250 g/mol. The smallest absolute Gasteiger partial charge is 0.258 e. The molecule has 0 unspecified atom stereocenters. The molecule has 0 atom stereocenters. The van der Waals surface area contributed by atoms with Crippen molar-refractivity contribution in [2.45, 2.75) is 13.8 Å². The molecule has 0 radical (unpaired) electrons. The second kappa shape index (κ2) is 4.55. The summed E-state index contributed by atoms with van der Waals surface area (Å²) in [7, 11) is 0. The topological polar surface area (TPSA) is 70.7 Å². The van der Waals surface area contributed by atoms with Crippen LogP contribution in [0.2, 0.25) is 5.02 Å². The van der Waals surface area contributed by atoms with Crippen LogP contribution >= 0.6 is 11.6 Å². The summed E-state index contributed by atoms with van der Waals surface area (Å²) in [5, 5.41) is 9.64. The van der Waals surface area contributed by atoms with Gasteiger partial charge in [0.15, 0.2) is 0 Å². The average molecular weight is 251 g/mol. The number of anilines is 1. The van der Waals surface area contributed by atoms with E-state index in [0.29, 0.717) is 16.4 Å². The molecule has 0 aliphatic carbocycles. The number of carbonyl (C=O) groups is 1. The molecule has 6 heteroatoms. The predicted molar refractivity (Wildman–Crippen MR) is 65.3 cm³/mol.